The lowest BCUT2D eigenvalue weighted by atomic mass is 10.1. The van der Waals surface area contributed by atoms with E-state index in [4.69, 9.17) is 4.74 Å². The van der Waals surface area contributed by atoms with Gasteiger partial charge in [0.2, 0.25) is 11.8 Å². The van der Waals surface area contributed by atoms with Gasteiger partial charge >= 0.3 is 0 Å². The number of benzene rings is 2. The number of hydrogen-bond donors (Lipinski definition) is 1. The first-order valence-electron chi connectivity index (χ1n) is 8.77. The summed E-state index contributed by atoms with van der Waals surface area (Å²) in [6, 6.07) is 13.5. The first-order chi connectivity index (χ1) is 12.5. The lowest BCUT2D eigenvalue weighted by molar-refractivity contribution is -0.126. The Hall–Kier alpha value is -2.82. The van der Waals surface area contributed by atoms with E-state index in [9.17, 15) is 9.59 Å². The molecule has 0 radical (unpaired) electrons. The summed E-state index contributed by atoms with van der Waals surface area (Å²) in [6.07, 6.45) is 0.241. The molecule has 2 aromatic rings. The topological polar surface area (TPSA) is 58.6 Å². The van der Waals surface area contributed by atoms with Gasteiger partial charge in [0.05, 0.1) is 13.0 Å². The predicted octanol–water partition coefficient (Wildman–Crippen LogP) is 2.98. The first kappa shape index (κ1) is 18.0. The van der Waals surface area contributed by atoms with Crippen LogP contribution in [0.25, 0.3) is 0 Å². The Balaban J connectivity index is 1.66. The summed E-state index contributed by atoms with van der Waals surface area (Å²) in [5.74, 6) is 0.303. The van der Waals surface area contributed by atoms with Crippen LogP contribution in [0.3, 0.4) is 0 Å². The maximum atomic E-state index is 12.6. The van der Waals surface area contributed by atoms with Crippen LogP contribution >= 0.6 is 0 Å². The Morgan fingerprint density at radius 1 is 1.19 bits per heavy atom. The average Bonchev–Trinajstić information content (AvgIpc) is 3.04. The summed E-state index contributed by atoms with van der Waals surface area (Å²) in [6.45, 7) is 4.84. The summed E-state index contributed by atoms with van der Waals surface area (Å²) in [4.78, 5) is 26.7. The van der Waals surface area contributed by atoms with Crippen molar-refractivity contribution in [2.45, 2.75) is 26.8 Å². The zero-order chi connectivity index (χ0) is 18.7. The molecule has 1 saturated heterocycles. The molecule has 1 fully saturated rings. The minimum atomic E-state index is -0.336. The van der Waals surface area contributed by atoms with Crippen LogP contribution in [0.2, 0.25) is 0 Å². The molecule has 1 heterocycles. The lowest BCUT2D eigenvalue weighted by Gasteiger charge is -2.20. The minimum Gasteiger partial charge on any atom is -0.496 e. The van der Waals surface area contributed by atoms with Gasteiger partial charge in [0.1, 0.15) is 5.75 Å². The number of ether oxygens (including phenoxy) is 1. The van der Waals surface area contributed by atoms with Crippen molar-refractivity contribution in [2.24, 2.45) is 5.92 Å². The van der Waals surface area contributed by atoms with Crippen LogP contribution in [-0.2, 0) is 16.1 Å². The predicted molar refractivity (Wildman–Crippen MR) is 101 cm³/mol. The maximum Gasteiger partial charge on any atom is 0.227 e. The Morgan fingerprint density at radius 2 is 1.96 bits per heavy atom. The molecular formula is C21H24N2O3. The lowest BCUT2D eigenvalue weighted by Crippen LogP contribution is -2.32. The zero-order valence-corrected chi connectivity index (χ0v) is 15.4. The van der Waals surface area contributed by atoms with E-state index in [1.54, 1.807) is 12.0 Å². The van der Waals surface area contributed by atoms with E-state index in [0.29, 0.717) is 13.1 Å². The number of nitrogens with one attached hydrogen (secondary N) is 1. The Morgan fingerprint density at radius 3 is 2.73 bits per heavy atom. The largest absolute Gasteiger partial charge is 0.496 e. The maximum absolute atomic E-state index is 12.6. The molecule has 0 bridgehead atoms. The summed E-state index contributed by atoms with van der Waals surface area (Å²) in [5, 5.41) is 2.94. The SMILES string of the molecule is COc1ccccc1CNC(=O)[C@@H]1CC(=O)N(c2cccc(C)c2C)C1. The van der Waals surface area contributed by atoms with Gasteiger partial charge in [-0.1, -0.05) is 30.3 Å². The summed E-state index contributed by atoms with van der Waals surface area (Å²) >= 11 is 0. The van der Waals surface area contributed by atoms with Crippen molar-refractivity contribution >= 4 is 17.5 Å². The fourth-order valence-electron chi connectivity index (χ4n) is 3.32. The molecular weight excluding hydrogens is 328 g/mol. The monoisotopic (exact) mass is 352 g/mol. The molecule has 0 aromatic heterocycles. The highest BCUT2D eigenvalue weighted by Gasteiger charge is 2.35. The average molecular weight is 352 g/mol. The van der Waals surface area contributed by atoms with Gasteiger partial charge in [0.25, 0.3) is 0 Å². The molecule has 1 aliphatic rings. The summed E-state index contributed by atoms with van der Waals surface area (Å²) in [5.41, 5.74) is 4.03. The second-order valence-electron chi connectivity index (χ2n) is 6.65. The van der Waals surface area contributed by atoms with E-state index in [0.717, 1.165) is 28.1 Å². The Bertz CT molecular complexity index is 832. The standard InChI is InChI=1S/C21H24N2O3/c1-14-7-6-9-18(15(14)2)23-13-17(11-20(23)24)21(25)22-12-16-8-4-5-10-19(16)26-3/h4-10,17H,11-13H2,1-3H3,(H,22,25)/t17-/m1/s1. The van der Waals surface area contributed by atoms with Crippen LogP contribution in [0.4, 0.5) is 5.69 Å². The van der Waals surface area contributed by atoms with E-state index in [2.05, 4.69) is 5.32 Å². The van der Waals surface area contributed by atoms with Crippen molar-refractivity contribution in [3.05, 3.63) is 59.2 Å². The molecule has 136 valence electrons. The van der Waals surface area contributed by atoms with Crippen molar-refractivity contribution in [2.75, 3.05) is 18.6 Å². The van der Waals surface area contributed by atoms with E-state index in [-0.39, 0.29) is 24.2 Å². The molecule has 0 saturated carbocycles. The quantitative estimate of drug-likeness (QED) is 0.900. The number of amides is 2. The Kier molecular flexibility index (Phi) is 5.26. The van der Waals surface area contributed by atoms with Crippen LogP contribution in [0.15, 0.2) is 42.5 Å². The number of aryl methyl sites for hydroxylation is 1. The molecule has 1 aliphatic heterocycles. The third-order valence-corrected chi connectivity index (χ3v) is 5.01. The van der Waals surface area contributed by atoms with Crippen molar-refractivity contribution in [1.82, 2.24) is 5.32 Å². The van der Waals surface area contributed by atoms with Crippen LogP contribution < -0.4 is 15.0 Å². The van der Waals surface area contributed by atoms with Gasteiger partial charge in [-0.05, 0) is 37.1 Å². The molecule has 0 spiro atoms. The zero-order valence-electron chi connectivity index (χ0n) is 15.4. The smallest absolute Gasteiger partial charge is 0.227 e. The van der Waals surface area contributed by atoms with Gasteiger partial charge in [-0.3, -0.25) is 9.59 Å². The van der Waals surface area contributed by atoms with Gasteiger partial charge in [0.15, 0.2) is 0 Å². The number of methoxy groups -OCH3 is 1. The molecule has 5 nitrogen and oxygen atoms in total. The highest BCUT2D eigenvalue weighted by atomic mass is 16.5. The third kappa shape index (κ3) is 3.57. The summed E-state index contributed by atoms with van der Waals surface area (Å²) < 4.78 is 5.31. The number of para-hydroxylation sites is 1. The second-order valence-corrected chi connectivity index (χ2v) is 6.65. The summed E-state index contributed by atoms with van der Waals surface area (Å²) in [7, 11) is 1.61. The van der Waals surface area contributed by atoms with Crippen molar-refractivity contribution < 1.29 is 14.3 Å². The second kappa shape index (κ2) is 7.60. The molecule has 1 atom stereocenters. The number of rotatable bonds is 5. The van der Waals surface area contributed by atoms with Crippen molar-refractivity contribution in [3.8, 4) is 5.75 Å². The van der Waals surface area contributed by atoms with Gasteiger partial charge in [-0.15, -0.1) is 0 Å². The molecule has 26 heavy (non-hydrogen) atoms. The van der Waals surface area contributed by atoms with Gasteiger partial charge in [-0.2, -0.15) is 0 Å². The van der Waals surface area contributed by atoms with E-state index in [1.807, 2.05) is 56.3 Å². The molecule has 1 N–H and O–H groups in total. The highest BCUT2D eigenvalue weighted by Crippen LogP contribution is 2.29. The minimum absolute atomic E-state index is 0.00357. The molecule has 0 aliphatic carbocycles. The van der Waals surface area contributed by atoms with Gasteiger partial charge in [0, 0.05) is 30.8 Å². The van der Waals surface area contributed by atoms with Crippen LogP contribution in [0, 0.1) is 19.8 Å². The number of nitrogens with zero attached hydrogens (tertiary/aromatic N) is 1. The number of anilines is 1. The highest BCUT2D eigenvalue weighted by molar-refractivity contribution is 6.00. The van der Waals surface area contributed by atoms with Gasteiger partial charge in [-0.25, -0.2) is 0 Å². The fourth-order valence-corrected chi connectivity index (χ4v) is 3.32. The molecule has 5 heteroatoms. The number of carbonyl (C=O) groups excluding carboxylic acids is 2. The van der Waals surface area contributed by atoms with Crippen molar-refractivity contribution in [1.29, 1.82) is 0 Å². The van der Waals surface area contributed by atoms with Crippen LogP contribution in [0.5, 0.6) is 5.75 Å². The van der Waals surface area contributed by atoms with Crippen molar-refractivity contribution in [3.63, 3.8) is 0 Å². The molecule has 0 unspecified atom stereocenters. The third-order valence-electron chi connectivity index (χ3n) is 5.01. The number of hydrogen-bond acceptors (Lipinski definition) is 3. The fraction of sp³-hybridized carbons (Fsp3) is 0.333. The van der Waals surface area contributed by atoms with E-state index < -0.39 is 0 Å². The molecule has 3 rings (SSSR count). The normalized spacial score (nSPS) is 16.7. The van der Waals surface area contributed by atoms with E-state index >= 15 is 0 Å². The number of carbonyl (C=O) groups is 2. The first-order valence-corrected chi connectivity index (χ1v) is 8.77. The van der Waals surface area contributed by atoms with E-state index in [1.165, 1.54) is 0 Å². The van der Waals surface area contributed by atoms with Gasteiger partial charge < -0.3 is 15.0 Å². The Labute approximate surface area is 154 Å². The van der Waals surface area contributed by atoms with Crippen LogP contribution in [0.1, 0.15) is 23.1 Å². The molecule has 2 aromatic carbocycles. The molecule has 2 amide bonds. The van der Waals surface area contributed by atoms with Crippen LogP contribution in [-0.4, -0.2) is 25.5 Å².